The molecule has 0 aromatic carbocycles. The third-order valence-corrected chi connectivity index (χ3v) is 4.71. The summed E-state index contributed by atoms with van der Waals surface area (Å²) in [7, 11) is 4.08. The lowest BCUT2D eigenvalue weighted by atomic mass is 10.2. The van der Waals surface area contributed by atoms with Gasteiger partial charge in [-0.1, -0.05) is 11.6 Å². The Morgan fingerprint density at radius 1 is 1.53 bits per heavy atom. The van der Waals surface area contributed by atoms with Crippen LogP contribution >= 0.6 is 38.9 Å². The molecule has 2 heterocycles. The van der Waals surface area contributed by atoms with E-state index in [0.717, 1.165) is 32.5 Å². The first-order chi connectivity index (χ1) is 8.99. The van der Waals surface area contributed by atoms with Crippen molar-refractivity contribution in [2.24, 2.45) is 5.73 Å². The van der Waals surface area contributed by atoms with Gasteiger partial charge in [0.25, 0.3) is 0 Å². The van der Waals surface area contributed by atoms with Crippen molar-refractivity contribution in [3.8, 4) is 0 Å². The SMILES string of the molecule is CN(C)CCn1ncc(Br)c1C(N)c1ccc(Cl)s1. The number of likely N-dealkylation sites (N-methyl/N-ethyl adjacent to an activating group) is 1. The molecular formula is C12H16BrClN4S. The summed E-state index contributed by atoms with van der Waals surface area (Å²) in [4.78, 5) is 3.16. The number of aromatic nitrogens is 2. The number of nitrogens with zero attached hydrogens (tertiary/aromatic N) is 3. The number of nitrogens with two attached hydrogens (primary N) is 1. The molecule has 0 bridgehead atoms. The Hall–Kier alpha value is -0.400. The fraction of sp³-hybridized carbons (Fsp3) is 0.417. The summed E-state index contributed by atoms with van der Waals surface area (Å²) >= 11 is 11.0. The maximum atomic E-state index is 6.33. The molecule has 0 aliphatic rings. The highest BCUT2D eigenvalue weighted by atomic mass is 79.9. The molecule has 0 saturated carbocycles. The fourth-order valence-electron chi connectivity index (χ4n) is 1.78. The lowest BCUT2D eigenvalue weighted by Gasteiger charge is -2.16. The largest absolute Gasteiger partial charge is 0.318 e. The minimum Gasteiger partial charge on any atom is -0.318 e. The smallest absolute Gasteiger partial charge is 0.0931 e. The van der Waals surface area contributed by atoms with Crippen molar-refractivity contribution in [2.75, 3.05) is 20.6 Å². The molecule has 2 aromatic rings. The summed E-state index contributed by atoms with van der Waals surface area (Å²) in [5, 5.41) is 4.38. The van der Waals surface area contributed by atoms with Crippen LogP contribution < -0.4 is 5.73 Å². The standard InChI is InChI=1S/C12H16BrClN4S/c1-17(2)5-6-18-12(8(13)7-16-18)11(15)9-3-4-10(14)19-9/h3-4,7,11H,5-6,15H2,1-2H3. The predicted molar refractivity (Wildman–Crippen MR) is 83.8 cm³/mol. The van der Waals surface area contributed by atoms with Gasteiger partial charge in [0.2, 0.25) is 0 Å². The van der Waals surface area contributed by atoms with Crippen LogP contribution in [0.4, 0.5) is 0 Å². The van der Waals surface area contributed by atoms with Crippen LogP contribution in [-0.4, -0.2) is 35.3 Å². The lowest BCUT2D eigenvalue weighted by Crippen LogP contribution is -2.23. The highest BCUT2D eigenvalue weighted by molar-refractivity contribution is 9.10. The van der Waals surface area contributed by atoms with Crippen LogP contribution in [0.3, 0.4) is 0 Å². The predicted octanol–water partition coefficient (Wildman–Crippen LogP) is 2.97. The molecule has 0 spiro atoms. The maximum Gasteiger partial charge on any atom is 0.0931 e. The van der Waals surface area contributed by atoms with Crippen molar-refractivity contribution in [2.45, 2.75) is 12.6 Å². The van der Waals surface area contributed by atoms with E-state index in [4.69, 9.17) is 17.3 Å². The summed E-state index contributed by atoms with van der Waals surface area (Å²) in [5.41, 5.74) is 7.32. The van der Waals surface area contributed by atoms with Gasteiger partial charge in [0.05, 0.1) is 33.3 Å². The van der Waals surface area contributed by atoms with E-state index in [0.29, 0.717) is 0 Å². The van der Waals surface area contributed by atoms with Crippen LogP contribution in [0.25, 0.3) is 0 Å². The molecule has 1 unspecified atom stereocenters. The Bertz CT molecular complexity index is 552. The minimum absolute atomic E-state index is 0.212. The van der Waals surface area contributed by atoms with E-state index < -0.39 is 0 Å². The Kier molecular flexibility index (Phi) is 5.03. The number of thiophene rings is 1. The van der Waals surface area contributed by atoms with Crippen molar-refractivity contribution in [3.63, 3.8) is 0 Å². The Labute approximate surface area is 130 Å². The van der Waals surface area contributed by atoms with Gasteiger partial charge in [0.15, 0.2) is 0 Å². The van der Waals surface area contributed by atoms with E-state index >= 15 is 0 Å². The highest BCUT2D eigenvalue weighted by Crippen LogP contribution is 2.32. The zero-order valence-corrected chi connectivity index (χ0v) is 14.0. The van der Waals surface area contributed by atoms with Crippen LogP contribution in [0, 0.1) is 0 Å². The van der Waals surface area contributed by atoms with Gasteiger partial charge in [0.1, 0.15) is 0 Å². The van der Waals surface area contributed by atoms with Crippen LogP contribution in [0.1, 0.15) is 16.6 Å². The molecule has 2 aromatic heterocycles. The quantitative estimate of drug-likeness (QED) is 0.888. The summed E-state index contributed by atoms with van der Waals surface area (Å²) in [5.74, 6) is 0. The Balaban J connectivity index is 2.25. The molecule has 0 saturated heterocycles. The van der Waals surface area contributed by atoms with Crippen LogP contribution in [0.2, 0.25) is 4.34 Å². The third-order valence-electron chi connectivity index (χ3n) is 2.79. The second-order valence-electron chi connectivity index (χ2n) is 4.52. The van der Waals surface area contributed by atoms with Crippen molar-refractivity contribution in [1.82, 2.24) is 14.7 Å². The average Bonchev–Trinajstić information content (AvgIpc) is 2.92. The van der Waals surface area contributed by atoms with Crippen molar-refractivity contribution in [1.29, 1.82) is 0 Å². The molecule has 1 atom stereocenters. The summed E-state index contributed by atoms with van der Waals surface area (Å²) in [6.07, 6.45) is 1.79. The second-order valence-corrected chi connectivity index (χ2v) is 7.12. The molecule has 0 fully saturated rings. The lowest BCUT2D eigenvalue weighted by molar-refractivity contribution is 0.368. The molecule has 104 valence electrons. The number of hydrogen-bond donors (Lipinski definition) is 1. The molecular weight excluding hydrogens is 348 g/mol. The van der Waals surface area contributed by atoms with Gasteiger partial charge < -0.3 is 10.6 Å². The second kappa shape index (κ2) is 6.37. The zero-order chi connectivity index (χ0) is 14.0. The monoisotopic (exact) mass is 362 g/mol. The number of halogens is 2. The van der Waals surface area contributed by atoms with E-state index in [-0.39, 0.29) is 6.04 Å². The molecule has 0 radical (unpaired) electrons. The van der Waals surface area contributed by atoms with Gasteiger partial charge in [-0.2, -0.15) is 5.10 Å². The summed E-state index contributed by atoms with van der Waals surface area (Å²) < 4.78 is 3.63. The average molecular weight is 364 g/mol. The highest BCUT2D eigenvalue weighted by Gasteiger charge is 2.19. The van der Waals surface area contributed by atoms with Crippen LogP contribution in [0.15, 0.2) is 22.8 Å². The molecule has 2 N–H and O–H groups in total. The van der Waals surface area contributed by atoms with E-state index in [1.807, 2.05) is 30.9 Å². The Morgan fingerprint density at radius 3 is 2.84 bits per heavy atom. The first-order valence-corrected chi connectivity index (χ1v) is 7.84. The van der Waals surface area contributed by atoms with Gasteiger partial charge in [0, 0.05) is 11.4 Å². The maximum absolute atomic E-state index is 6.33. The molecule has 2 rings (SSSR count). The first-order valence-electron chi connectivity index (χ1n) is 5.85. The first kappa shape index (κ1) is 15.0. The topological polar surface area (TPSA) is 47.1 Å². The normalized spacial score (nSPS) is 13.2. The number of hydrogen-bond acceptors (Lipinski definition) is 4. The Morgan fingerprint density at radius 2 is 2.26 bits per heavy atom. The van der Waals surface area contributed by atoms with E-state index in [1.54, 1.807) is 6.20 Å². The third kappa shape index (κ3) is 3.58. The van der Waals surface area contributed by atoms with Crippen LogP contribution in [-0.2, 0) is 6.54 Å². The van der Waals surface area contributed by atoms with Gasteiger partial charge in [-0.15, -0.1) is 11.3 Å². The number of rotatable bonds is 5. The van der Waals surface area contributed by atoms with E-state index in [2.05, 4.69) is 25.9 Å². The van der Waals surface area contributed by atoms with Gasteiger partial charge in [-0.3, -0.25) is 4.68 Å². The molecule has 7 heteroatoms. The van der Waals surface area contributed by atoms with Gasteiger partial charge in [-0.25, -0.2) is 0 Å². The molecule has 0 aliphatic carbocycles. The molecule has 19 heavy (non-hydrogen) atoms. The van der Waals surface area contributed by atoms with Crippen molar-refractivity contribution >= 4 is 38.9 Å². The van der Waals surface area contributed by atoms with Crippen LogP contribution in [0.5, 0.6) is 0 Å². The van der Waals surface area contributed by atoms with Crippen molar-refractivity contribution < 1.29 is 0 Å². The minimum atomic E-state index is -0.212. The molecule has 0 amide bonds. The fourth-order valence-corrected chi connectivity index (χ4v) is 3.39. The van der Waals surface area contributed by atoms with Gasteiger partial charge >= 0.3 is 0 Å². The molecule has 4 nitrogen and oxygen atoms in total. The van der Waals surface area contributed by atoms with E-state index in [1.165, 1.54) is 11.3 Å². The van der Waals surface area contributed by atoms with Crippen molar-refractivity contribution in [3.05, 3.63) is 37.7 Å². The zero-order valence-electron chi connectivity index (χ0n) is 10.8. The van der Waals surface area contributed by atoms with E-state index in [9.17, 15) is 0 Å². The summed E-state index contributed by atoms with van der Waals surface area (Å²) in [6, 6.07) is 3.63. The molecule has 0 aliphatic heterocycles. The van der Waals surface area contributed by atoms with Gasteiger partial charge in [-0.05, 0) is 42.2 Å². The summed E-state index contributed by atoms with van der Waals surface area (Å²) in [6.45, 7) is 1.72.